The molecule has 0 aromatic heterocycles. The first-order chi connectivity index (χ1) is 18.8. The van der Waals surface area contributed by atoms with Gasteiger partial charge in [0, 0.05) is 24.0 Å². The van der Waals surface area contributed by atoms with Crippen LogP contribution in [0.25, 0.3) is 0 Å². The zero-order chi connectivity index (χ0) is 28.0. The lowest BCUT2D eigenvalue weighted by Crippen LogP contribution is -2.32. The number of hydroxylamine groups is 2. The van der Waals surface area contributed by atoms with Crippen LogP contribution in [0.3, 0.4) is 0 Å². The Labute approximate surface area is 228 Å². The summed E-state index contributed by atoms with van der Waals surface area (Å²) in [7, 11) is 1.61. The number of unbranched alkanes of at least 4 members (excludes halogenated alkanes) is 2. The van der Waals surface area contributed by atoms with E-state index in [-0.39, 0.29) is 19.3 Å². The van der Waals surface area contributed by atoms with E-state index in [0.29, 0.717) is 45.4 Å². The number of carbonyl (C=O) groups excluding carboxylic acids is 3. The van der Waals surface area contributed by atoms with Crippen LogP contribution in [0.15, 0.2) is 60.7 Å². The zero-order valence-corrected chi connectivity index (χ0v) is 22.4. The van der Waals surface area contributed by atoms with Crippen molar-refractivity contribution < 1.29 is 33.8 Å². The van der Waals surface area contributed by atoms with Crippen LogP contribution in [0, 0.1) is 6.92 Å². The second-order valence-electron chi connectivity index (χ2n) is 9.57. The van der Waals surface area contributed by atoms with E-state index in [0.717, 1.165) is 30.4 Å². The first-order valence-corrected chi connectivity index (χ1v) is 13.1. The van der Waals surface area contributed by atoms with Gasteiger partial charge in [-0.2, -0.15) is 0 Å². The van der Waals surface area contributed by atoms with E-state index in [4.69, 9.17) is 14.3 Å². The first-order valence-electron chi connectivity index (χ1n) is 13.1. The smallest absolute Gasteiger partial charge is 0.333 e. The highest BCUT2D eigenvalue weighted by molar-refractivity contribution is 5.86. The highest BCUT2D eigenvalue weighted by atomic mass is 16.7. The van der Waals surface area contributed by atoms with Gasteiger partial charge in [0.1, 0.15) is 22.8 Å². The van der Waals surface area contributed by atoms with Crippen LogP contribution in [0.4, 0.5) is 0 Å². The molecular formula is C31H33NO7. The maximum atomic E-state index is 12.2. The van der Waals surface area contributed by atoms with Crippen molar-refractivity contribution >= 4 is 18.3 Å². The Morgan fingerprint density at radius 2 is 1.67 bits per heavy atom. The van der Waals surface area contributed by atoms with Crippen molar-refractivity contribution in [3.8, 4) is 17.2 Å². The molecule has 1 unspecified atom stereocenters. The van der Waals surface area contributed by atoms with Crippen LogP contribution in [0.2, 0.25) is 0 Å². The van der Waals surface area contributed by atoms with Gasteiger partial charge in [-0.3, -0.25) is 9.59 Å². The normalized spacial score (nSPS) is 15.4. The summed E-state index contributed by atoms with van der Waals surface area (Å²) in [6.45, 7) is 3.56. The molecule has 1 N–H and O–H groups in total. The molecule has 39 heavy (non-hydrogen) atoms. The highest BCUT2D eigenvalue weighted by Gasteiger charge is 2.42. The van der Waals surface area contributed by atoms with Crippen molar-refractivity contribution in [2.75, 3.05) is 7.11 Å². The summed E-state index contributed by atoms with van der Waals surface area (Å²) < 4.78 is 11.6. The molecule has 4 rings (SSSR count). The quantitative estimate of drug-likeness (QED) is 0.214. The van der Waals surface area contributed by atoms with Gasteiger partial charge in [-0.15, -0.1) is 5.06 Å². The average molecular weight is 532 g/mol. The lowest BCUT2D eigenvalue weighted by Gasteiger charge is -2.37. The molecule has 0 saturated heterocycles. The second-order valence-corrected chi connectivity index (χ2v) is 9.57. The number of benzene rings is 3. The number of imide groups is 1. The number of fused-ring (bicyclic) bond motifs is 2. The highest BCUT2D eigenvalue weighted by Crippen LogP contribution is 2.50. The number of carbonyl (C=O) groups is 3. The van der Waals surface area contributed by atoms with Crippen molar-refractivity contribution in [2.45, 2.75) is 58.0 Å². The average Bonchev–Trinajstić information content (AvgIpc) is 2.95. The summed E-state index contributed by atoms with van der Waals surface area (Å²) in [6, 6.07) is 19.0. The minimum Gasteiger partial charge on any atom is -0.497 e. The molecule has 3 aromatic carbocycles. The Morgan fingerprint density at radius 3 is 2.33 bits per heavy atom. The molecule has 0 spiro atoms. The topological polar surface area (TPSA) is 102 Å². The Hall–Kier alpha value is -4.17. The molecule has 1 aliphatic heterocycles. The van der Waals surface area contributed by atoms with Crippen LogP contribution in [-0.4, -0.2) is 35.6 Å². The monoisotopic (exact) mass is 531 g/mol. The van der Waals surface area contributed by atoms with Crippen molar-refractivity contribution in [3.63, 3.8) is 0 Å². The molecule has 0 bridgehead atoms. The lowest BCUT2D eigenvalue weighted by atomic mass is 9.77. The van der Waals surface area contributed by atoms with Gasteiger partial charge in [0.2, 0.25) is 0 Å². The summed E-state index contributed by atoms with van der Waals surface area (Å²) in [6.07, 6.45) is 3.28. The Balaban J connectivity index is 1.45. The Morgan fingerprint density at radius 1 is 0.974 bits per heavy atom. The van der Waals surface area contributed by atoms with Crippen LogP contribution in [0.5, 0.6) is 17.2 Å². The summed E-state index contributed by atoms with van der Waals surface area (Å²) in [5.74, 6) is 0.741. The fraction of sp³-hybridized carbons (Fsp3) is 0.323. The summed E-state index contributed by atoms with van der Waals surface area (Å²) in [5, 5.41) is 12.7. The minimum atomic E-state index is -1.39. The van der Waals surface area contributed by atoms with Crippen molar-refractivity contribution in [1.82, 2.24) is 5.06 Å². The van der Waals surface area contributed by atoms with E-state index in [2.05, 4.69) is 0 Å². The zero-order valence-electron chi connectivity index (χ0n) is 22.4. The molecule has 204 valence electrons. The Bertz CT molecular complexity index is 1350. The van der Waals surface area contributed by atoms with Gasteiger partial charge in [0.05, 0.1) is 7.11 Å². The molecule has 0 fully saturated rings. The van der Waals surface area contributed by atoms with Gasteiger partial charge in [0.15, 0.2) is 0 Å². The van der Waals surface area contributed by atoms with Crippen LogP contribution in [0.1, 0.15) is 66.8 Å². The van der Waals surface area contributed by atoms with E-state index in [1.165, 1.54) is 0 Å². The number of amides is 2. The molecule has 0 radical (unpaired) electrons. The van der Waals surface area contributed by atoms with Crippen molar-refractivity contribution in [3.05, 3.63) is 88.5 Å². The van der Waals surface area contributed by atoms with E-state index < -0.39 is 17.5 Å². The third-order valence-corrected chi connectivity index (χ3v) is 6.88. The standard InChI is InChI=1S/C31H33NO7/c1-4-29(34)32(20-33)39-30(35)9-7-5-6-8-22-11-17-26-28(19-22)38-27-18-21(2)10-16-25(27)31(26,36)23-12-14-24(37-3)15-13-23/h10-20,36H,4-9H2,1-3H3. The molecule has 3 aromatic rings. The van der Waals surface area contributed by atoms with Crippen LogP contribution < -0.4 is 9.47 Å². The van der Waals surface area contributed by atoms with E-state index in [9.17, 15) is 19.5 Å². The Kier molecular flexibility index (Phi) is 8.66. The number of aryl methyl sites for hydroxylation is 2. The molecule has 0 aliphatic carbocycles. The number of methoxy groups -OCH3 is 1. The van der Waals surface area contributed by atoms with Crippen molar-refractivity contribution in [1.29, 1.82) is 0 Å². The van der Waals surface area contributed by atoms with Crippen LogP contribution in [-0.2, 0) is 31.2 Å². The number of aliphatic hydroxyl groups is 1. The van der Waals surface area contributed by atoms with Gasteiger partial charge in [-0.05, 0) is 67.1 Å². The van der Waals surface area contributed by atoms with Crippen molar-refractivity contribution in [2.24, 2.45) is 0 Å². The van der Waals surface area contributed by atoms with E-state index >= 15 is 0 Å². The number of hydrogen-bond donors (Lipinski definition) is 1. The predicted molar refractivity (Wildman–Crippen MR) is 144 cm³/mol. The molecule has 1 heterocycles. The maximum Gasteiger partial charge on any atom is 0.333 e. The molecular weight excluding hydrogens is 498 g/mol. The fourth-order valence-corrected chi connectivity index (χ4v) is 4.74. The number of nitrogens with zero attached hydrogens (tertiary/aromatic N) is 1. The largest absolute Gasteiger partial charge is 0.497 e. The molecule has 0 saturated carbocycles. The van der Waals surface area contributed by atoms with E-state index in [1.54, 1.807) is 14.0 Å². The second kappa shape index (κ2) is 12.1. The molecule has 1 atom stereocenters. The lowest BCUT2D eigenvalue weighted by molar-refractivity contribution is -0.196. The minimum absolute atomic E-state index is 0.0687. The van der Waals surface area contributed by atoms with E-state index in [1.807, 2.05) is 67.6 Å². The molecule has 8 nitrogen and oxygen atoms in total. The summed E-state index contributed by atoms with van der Waals surface area (Å²) >= 11 is 0. The van der Waals surface area contributed by atoms with Crippen LogP contribution >= 0.6 is 0 Å². The van der Waals surface area contributed by atoms with Gasteiger partial charge >= 0.3 is 5.97 Å². The summed E-state index contributed by atoms with van der Waals surface area (Å²) in [4.78, 5) is 39.2. The number of hydrogen-bond acceptors (Lipinski definition) is 7. The molecule has 2 amide bonds. The van der Waals surface area contributed by atoms with Gasteiger partial charge in [-0.25, -0.2) is 4.79 Å². The fourth-order valence-electron chi connectivity index (χ4n) is 4.74. The van der Waals surface area contributed by atoms with Gasteiger partial charge in [0.25, 0.3) is 12.3 Å². The third kappa shape index (κ3) is 5.96. The molecule has 1 aliphatic rings. The molecule has 8 heteroatoms. The third-order valence-electron chi connectivity index (χ3n) is 6.88. The van der Waals surface area contributed by atoms with Gasteiger partial charge in [-0.1, -0.05) is 49.7 Å². The predicted octanol–water partition coefficient (Wildman–Crippen LogP) is 5.35. The summed E-state index contributed by atoms with van der Waals surface area (Å²) in [5.41, 5.74) is 2.74. The number of rotatable bonds is 10. The first kappa shape index (κ1) is 27.9. The van der Waals surface area contributed by atoms with Gasteiger partial charge < -0.3 is 19.4 Å². The SMILES string of the molecule is CCC(=O)N(C=O)OC(=O)CCCCCc1ccc2c(c1)Oc1cc(C)ccc1C2(O)c1ccc(OC)cc1. The maximum absolute atomic E-state index is 12.2. The number of ether oxygens (including phenoxy) is 2.